The predicted octanol–water partition coefficient (Wildman–Crippen LogP) is 4.25. The molecule has 0 spiro atoms. The first-order valence-corrected chi connectivity index (χ1v) is 10.5. The maximum atomic E-state index is 12.7. The third-order valence-corrected chi connectivity index (χ3v) is 6.63. The van der Waals surface area contributed by atoms with Gasteiger partial charge in [-0.1, -0.05) is 15.9 Å². The van der Waals surface area contributed by atoms with E-state index in [1.165, 1.54) is 37.6 Å². The standard InChI is InChI=1S/C20H17BrN2O4S/c1-13-11-15(4-9-18(13)21)23-20(24)14-3-10-19(22-12-14)28(25,26)17-7-5-16(27-2)6-8-17/h3-12H,1-2H3,(H,23,24). The Balaban J connectivity index is 1.79. The Bertz CT molecular complexity index is 1110. The van der Waals surface area contributed by atoms with Crippen molar-refractivity contribution in [2.45, 2.75) is 16.8 Å². The van der Waals surface area contributed by atoms with E-state index in [4.69, 9.17) is 4.74 Å². The maximum absolute atomic E-state index is 12.7. The van der Waals surface area contributed by atoms with Gasteiger partial charge in [-0.05, 0) is 67.1 Å². The summed E-state index contributed by atoms with van der Waals surface area (Å²) in [6.07, 6.45) is 1.25. The molecule has 0 radical (unpaired) electrons. The molecule has 0 aliphatic carbocycles. The first-order valence-electron chi connectivity index (χ1n) is 8.24. The second-order valence-corrected chi connectivity index (χ2v) is 8.73. The van der Waals surface area contributed by atoms with Crippen LogP contribution in [0.25, 0.3) is 0 Å². The normalized spacial score (nSPS) is 11.1. The molecule has 1 amide bonds. The van der Waals surface area contributed by atoms with Crippen molar-refractivity contribution in [2.24, 2.45) is 0 Å². The Morgan fingerprint density at radius 3 is 2.36 bits per heavy atom. The number of hydrogen-bond donors (Lipinski definition) is 1. The van der Waals surface area contributed by atoms with Crippen molar-refractivity contribution in [3.8, 4) is 5.75 Å². The number of amides is 1. The Kier molecular flexibility index (Phi) is 5.81. The van der Waals surface area contributed by atoms with Crippen molar-refractivity contribution in [3.05, 3.63) is 76.4 Å². The van der Waals surface area contributed by atoms with Gasteiger partial charge in [-0.15, -0.1) is 0 Å². The molecule has 28 heavy (non-hydrogen) atoms. The van der Waals surface area contributed by atoms with Crippen LogP contribution in [-0.2, 0) is 9.84 Å². The lowest BCUT2D eigenvalue weighted by molar-refractivity contribution is 0.102. The summed E-state index contributed by atoms with van der Waals surface area (Å²) in [5.41, 5.74) is 1.88. The fourth-order valence-electron chi connectivity index (χ4n) is 2.47. The van der Waals surface area contributed by atoms with Crippen LogP contribution in [0, 0.1) is 6.92 Å². The third-order valence-electron chi connectivity index (χ3n) is 4.06. The molecule has 0 bridgehead atoms. The van der Waals surface area contributed by atoms with Gasteiger partial charge in [0.05, 0.1) is 17.6 Å². The van der Waals surface area contributed by atoms with Crippen molar-refractivity contribution in [1.82, 2.24) is 4.98 Å². The highest BCUT2D eigenvalue weighted by Gasteiger charge is 2.20. The van der Waals surface area contributed by atoms with E-state index in [0.29, 0.717) is 11.4 Å². The number of rotatable bonds is 5. The molecule has 3 rings (SSSR count). The van der Waals surface area contributed by atoms with Gasteiger partial charge in [0.1, 0.15) is 5.75 Å². The maximum Gasteiger partial charge on any atom is 0.257 e. The summed E-state index contributed by atoms with van der Waals surface area (Å²) in [6, 6.07) is 14.2. The summed E-state index contributed by atoms with van der Waals surface area (Å²) in [6.45, 7) is 1.92. The quantitative estimate of drug-likeness (QED) is 0.614. The van der Waals surface area contributed by atoms with Crippen LogP contribution >= 0.6 is 15.9 Å². The number of aromatic nitrogens is 1. The van der Waals surface area contributed by atoms with Crippen molar-refractivity contribution >= 4 is 37.4 Å². The molecular formula is C20H17BrN2O4S. The Morgan fingerprint density at radius 2 is 1.79 bits per heavy atom. The lowest BCUT2D eigenvalue weighted by Gasteiger charge is -2.08. The Morgan fingerprint density at radius 1 is 1.07 bits per heavy atom. The number of nitrogens with zero attached hydrogens (tertiary/aromatic N) is 1. The Hall–Kier alpha value is -2.71. The SMILES string of the molecule is COc1ccc(S(=O)(=O)c2ccc(C(=O)Nc3ccc(Br)c(C)c3)cn2)cc1. The topological polar surface area (TPSA) is 85.4 Å². The molecule has 3 aromatic rings. The molecule has 1 N–H and O–H groups in total. The lowest BCUT2D eigenvalue weighted by atomic mass is 10.2. The number of pyridine rings is 1. The van der Waals surface area contributed by atoms with E-state index in [1.807, 2.05) is 19.1 Å². The van der Waals surface area contributed by atoms with Crippen molar-refractivity contribution in [3.63, 3.8) is 0 Å². The molecule has 1 aromatic heterocycles. The van der Waals surface area contributed by atoms with Gasteiger partial charge in [-0.2, -0.15) is 0 Å². The largest absolute Gasteiger partial charge is 0.497 e. The second-order valence-electron chi connectivity index (χ2n) is 5.98. The van der Waals surface area contributed by atoms with Crippen LogP contribution < -0.4 is 10.1 Å². The van der Waals surface area contributed by atoms with Crippen LogP contribution in [0.2, 0.25) is 0 Å². The average molecular weight is 461 g/mol. The monoisotopic (exact) mass is 460 g/mol. The summed E-state index contributed by atoms with van der Waals surface area (Å²) in [5.74, 6) is 0.185. The van der Waals surface area contributed by atoms with E-state index in [-0.39, 0.29) is 21.4 Å². The summed E-state index contributed by atoms with van der Waals surface area (Å²) >= 11 is 3.41. The van der Waals surface area contributed by atoms with Crippen molar-refractivity contribution in [1.29, 1.82) is 0 Å². The second kappa shape index (κ2) is 8.12. The van der Waals surface area contributed by atoms with E-state index in [1.54, 1.807) is 18.2 Å². The number of anilines is 1. The number of hydrogen-bond acceptors (Lipinski definition) is 5. The van der Waals surface area contributed by atoms with Crippen LogP contribution in [-0.4, -0.2) is 26.4 Å². The first kappa shape index (κ1) is 20.0. The number of benzene rings is 2. The fourth-order valence-corrected chi connectivity index (χ4v) is 3.90. The number of aryl methyl sites for hydroxylation is 1. The molecule has 0 saturated carbocycles. The average Bonchev–Trinajstić information content (AvgIpc) is 2.71. The highest BCUT2D eigenvalue weighted by Crippen LogP contribution is 2.23. The van der Waals surface area contributed by atoms with Gasteiger partial charge < -0.3 is 10.1 Å². The fraction of sp³-hybridized carbons (Fsp3) is 0.100. The number of ether oxygens (including phenoxy) is 1. The lowest BCUT2D eigenvalue weighted by Crippen LogP contribution is -2.13. The highest BCUT2D eigenvalue weighted by molar-refractivity contribution is 9.10. The van der Waals surface area contributed by atoms with Gasteiger partial charge in [0.25, 0.3) is 5.91 Å². The van der Waals surface area contributed by atoms with E-state index in [0.717, 1.165) is 10.0 Å². The van der Waals surface area contributed by atoms with E-state index in [2.05, 4.69) is 26.2 Å². The molecule has 0 fully saturated rings. The zero-order valence-electron chi connectivity index (χ0n) is 15.1. The van der Waals surface area contributed by atoms with E-state index >= 15 is 0 Å². The number of methoxy groups -OCH3 is 1. The van der Waals surface area contributed by atoms with Crippen LogP contribution in [0.3, 0.4) is 0 Å². The molecule has 2 aromatic carbocycles. The van der Waals surface area contributed by atoms with Gasteiger partial charge in [-0.25, -0.2) is 13.4 Å². The molecule has 0 atom stereocenters. The molecule has 0 saturated heterocycles. The van der Waals surface area contributed by atoms with Crippen molar-refractivity contribution in [2.75, 3.05) is 12.4 Å². The van der Waals surface area contributed by atoms with Crippen molar-refractivity contribution < 1.29 is 17.9 Å². The molecule has 0 aliphatic rings. The minimum absolute atomic E-state index is 0.100. The Labute approximate surface area is 171 Å². The number of carbonyl (C=O) groups is 1. The zero-order chi connectivity index (χ0) is 20.3. The molecule has 8 heteroatoms. The molecule has 1 heterocycles. The highest BCUT2D eigenvalue weighted by atomic mass is 79.9. The molecule has 6 nitrogen and oxygen atoms in total. The van der Waals surface area contributed by atoms with Crippen LogP contribution in [0.4, 0.5) is 5.69 Å². The molecular weight excluding hydrogens is 444 g/mol. The summed E-state index contributed by atoms with van der Waals surface area (Å²) in [7, 11) is -2.27. The smallest absolute Gasteiger partial charge is 0.257 e. The van der Waals surface area contributed by atoms with E-state index in [9.17, 15) is 13.2 Å². The number of halogens is 1. The van der Waals surface area contributed by atoms with Gasteiger partial charge in [0.15, 0.2) is 5.03 Å². The molecule has 0 unspecified atom stereocenters. The van der Waals surface area contributed by atoms with Gasteiger partial charge >= 0.3 is 0 Å². The number of nitrogens with one attached hydrogen (secondary N) is 1. The first-order chi connectivity index (χ1) is 13.3. The summed E-state index contributed by atoms with van der Waals surface area (Å²) < 4.78 is 31.3. The molecule has 0 aliphatic heterocycles. The van der Waals surface area contributed by atoms with Gasteiger partial charge in [-0.3, -0.25) is 4.79 Å². The van der Waals surface area contributed by atoms with Gasteiger partial charge in [0.2, 0.25) is 9.84 Å². The minimum atomic E-state index is -3.78. The summed E-state index contributed by atoms with van der Waals surface area (Å²) in [5, 5.41) is 2.63. The zero-order valence-corrected chi connectivity index (χ0v) is 17.5. The van der Waals surface area contributed by atoms with Gasteiger partial charge in [0, 0.05) is 16.4 Å². The van der Waals surface area contributed by atoms with E-state index < -0.39 is 9.84 Å². The number of carbonyl (C=O) groups excluding carboxylic acids is 1. The summed E-state index contributed by atoms with van der Waals surface area (Å²) in [4.78, 5) is 16.5. The van der Waals surface area contributed by atoms with Crippen LogP contribution in [0.1, 0.15) is 15.9 Å². The van der Waals surface area contributed by atoms with Crippen LogP contribution in [0.15, 0.2) is 75.2 Å². The van der Waals surface area contributed by atoms with Crippen LogP contribution in [0.5, 0.6) is 5.75 Å². The number of sulfone groups is 1. The predicted molar refractivity (Wildman–Crippen MR) is 110 cm³/mol. The third kappa shape index (κ3) is 4.23. The minimum Gasteiger partial charge on any atom is -0.497 e. The molecule has 144 valence electrons.